The van der Waals surface area contributed by atoms with E-state index in [0.717, 1.165) is 22.9 Å². The van der Waals surface area contributed by atoms with E-state index in [1.807, 2.05) is 31.2 Å². The fraction of sp³-hybridized carbons (Fsp3) is 0.111. The highest BCUT2D eigenvalue weighted by molar-refractivity contribution is 8.18. The average molecular weight is 354 g/mol. The Labute approximate surface area is 148 Å². The highest BCUT2D eigenvalue weighted by Gasteiger charge is 2.35. The van der Waals surface area contributed by atoms with Gasteiger partial charge in [-0.05, 0) is 35.9 Å². The standard InChI is InChI=1S/C18H14N2O4S/c1-12-5-7-13(8-6-12)11-19-17(21)16(25-18(19)22)10-14-3-2-4-15(9-14)20(23)24/h2-10H,11H2,1H3/b16-10-. The van der Waals surface area contributed by atoms with E-state index in [0.29, 0.717) is 5.56 Å². The molecule has 7 heteroatoms. The van der Waals surface area contributed by atoms with Crippen molar-refractivity contribution in [1.29, 1.82) is 0 Å². The Bertz CT molecular complexity index is 890. The Kier molecular flexibility index (Phi) is 4.67. The van der Waals surface area contributed by atoms with Crippen LogP contribution in [0.3, 0.4) is 0 Å². The van der Waals surface area contributed by atoms with Crippen molar-refractivity contribution in [2.45, 2.75) is 13.5 Å². The second-order valence-corrected chi connectivity index (χ2v) is 6.60. The van der Waals surface area contributed by atoms with Crippen LogP contribution in [0.15, 0.2) is 53.4 Å². The minimum absolute atomic E-state index is 0.0624. The molecule has 0 aliphatic carbocycles. The van der Waals surface area contributed by atoms with Gasteiger partial charge in [-0.25, -0.2) is 0 Å². The minimum Gasteiger partial charge on any atom is -0.268 e. The Morgan fingerprint density at radius 3 is 2.56 bits per heavy atom. The lowest BCUT2D eigenvalue weighted by Gasteiger charge is -2.12. The third-order valence-corrected chi connectivity index (χ3v) is 4.62. The van der Waals surface area contributed by atoms with Crippen LogP contribution in [-0.2, 0) is 11.3 Å². The molecule has 0 aromatic heterocycles. The van der Waals surface area contributed by atoms with E-state index >= 15 is 0 Å². The minimum atomic E-state index is -0.500. The lowest BCUT2D eigenvalue weighted by Crippen LogP contribution is -2.27. The molecule has 1 saturated heterocycles. The van der Waals surface area contributed by atoms with Gasteiger partial charge in [0.2, 0.25) is 0 Å². The number of carbonyl (C=O) groups excluding carboxylic acids is 2. The van der Waals surface area contributed by atoms with Gasteiger partial charge in [0.25, 0.3) is 16.8 Å². The molecule has 1 aliphatic rings. The summed E-state index contributed by atoms with van der Waals surface area (Å²) in [7, 11) is 0. The summed E-state index contributed by atoms with van der Waals surface area (Å²) in [6.45, 7) is 2.17. The summed E-state index contributed by atoms with van der Waals surface area (Å²) in [6.07, 6.45) is 1.51. The van der Waals surface area contributed by atoms with Crippen molar-refractivity contribution in [3.05, 3.63) is 80.2 Å². The van der Waals surface area contributed by atoms with E-state index in [9.17, 15) is 19.7 Å². The van der Waals surface area contributed by atoms with Gasteiger partial charge >= 0.3 is 0 Å². The van der Waals surface area contributed by atoms with E-state index < -0.39 is 4.92 Å². The van der Waals surface area contributed by atoms with Crippen LogP contribution in [0.5, 0.6) is 0 Å². The molecule has 1 fully saturated rings. The van der Waals surface area contributed by atoms with E-state index in [1.165, 1.54) is 23.1 Å². The maximum absolute atomic E-state index is 12.5. The van der Waals surface area contributed by atoms with Gasteiger partial charge in [-0.3, -0.25) is 24.6 Å². The molecular weight excluding hydrogens is 340 g/mol. The van der Waals surface area contributed by atoms with Crippen LogP contribution in [0.2, 0.25) is 0 Å². The number of nitro benzene ring substituents is 1. The van der Waals surface area contributed by atoms with Gasteiger partial charge in [-0.1, -0.05) is 42.0 Å². The zero-order valence-corrected chi connectivity index (χ0v) is 14.2. The van der Waals surface area contributed by atoms with Gasteiger partial charge in [-0.2, -0.15) is 0 Å². The van der Waals surface area contributed by atoms with Crippen molar-refractivity contribution in [3.63, 3.8) is 0 Å². The zero-order valence-electron chi connectivity index (χ0n) is 13.3. The maximum atomic E-state index is 12.5. The van der Waals surface area contributed by atoms with Gasteiger partial charge in [-0.15, -0.1) is 0 Å². The molecule has 0 saturated carbocycles. The second kappa shape index (κ2) is 6.90. The number of nitrogens with zero attached hydrogens (tertiary/aromatic N) is 2. The molecule has 0 radical (unpaired) electrons. The molecule has 0 spiro atoms. The van der Waals surface area contributed by atoms with Gasteiger partial charge in [0.1, 0.15) is 0 Å². The van der Waals surface area contributed by atoms with Crippen LogP contribution in [0.25, 0.3) is 6.08 Å². The van der Waals surface area contributed by atoms with Crippen LogP contribution < -0.4 is 0 Å². The number of thioether (sulfide) groups is 1. The number of aryl methyl sites for hydroxylation is 1. The molecule has 6 nitrogen and oxygen atoms in total. The van der Waals surface area contributed by atoms with Crippen LogP contribution in [0.4, 0.5) is 10.5 Å². The fourth-order valence-corrected chi connectivity index (χ4v) is 3.23. The van der Waals surface area contributed by atoms with Gasteiger partial charge in [0.15, 0.2) is 0 Å². The molecule has 0 unspecified atom stereocenters. The molecule has 1 heterocycles. The summed E-state index contributed by atoms with van der Waals surface area (Å²) < 4.78 is 0. The first kappa shape index (κ1) is 16.9. The van der Waals surface area contributed by atoms with Crippen LogP contribution in [-0.4, -0.2) is 21.0 Å². The van der Waals surface area contributed by atoms with Gasteiger partial charge in [0, 0.05) is 12.1 Å². The molecule has 2 aromatic carbocycles. The van der Waals surface area contributed by atoms with Crippen molar-refractivity contribution >= 4 is 34.7 Å². The number of hydrogen-bond donors (Lipinski definition) is 0. The first-order valence-electron chi connectivity index (χ1n) is 7.49. The fourth-order valence-electron chi connectivity index (χ4n) is 2.39. The van der Waals surface area contributed by atoms with Crippen molar-refractivity contribution in [2.24, 2.45) is 0 Å². The summed E-state index contributed by atoms with van der Waals surface area (Å²) in [5.41, 5.74) is 2.41. The predicted molar refractivity (Wildman–Crippen MR) is 95.8 cm³/mol. The van der Waals surface area contributed by atoms with E-state index in [1.54, 1.807) is 12.1 Å². The Morgan fingerprint density at radius 2 is 1.88 bits per heavy atom. The SMILES string of the molecule is Cc1ccc(CN2C(=O)S/C(=C\c3cccc([N+](=O)[O-])c3)C2=O)cc1. The molecule has 0 bridgehead atoms. The average Bonchev–Trinajstić information content (AvgIpc) is 2.84. The molecule has 126 valence electrons. The molecule has 2 aromatic rings. The van der Waals surface area contributed by atoms with Crippen LogP contribution in [0.1, 0.15) is 16.7 Å². The highest BCUT2D eigenvalue weighted by atomic mass is 32.2. The number of imide groups is 1. The lowest BCUT2D eigenvalue weighted by molar-refractivity contribution is -0.384. The molecule has 3 rings (SSSR count). The number of amides is 2. The van der Waals surface area contributed by atoms with E-state index in [-0.39, 0.29) is 28.3 Å². The third-order valence-electron chi connectivity index (χ3n) is 3.71. The number of benzene rings is 2. The number of carbonyl (C=O) groups is 2. The molecule has 25 heavy (non-hydrogen) atoms. The number of non-ortho nitro benzene ring substituents is 1. The number of rotatable bonds is 4. The van der Waals surface area contributed by atoms with Crippen LogP contribution in [0, 0.1) is 17.0 Å². The van der Waals surface area contributed by atoms with Crippen molar-refractivity contribution < 1.29 is 14.5 Å². The smallest absolute Gasteiger partial charge is 0.268 e. The molecule has 1 aliphatic heterocycles. The predicted octanol–water partition coefficient (Wildman–Crippen LogP) is 4.14. The van der Waals surface area contributed by atoms with Crippen LogP contribution >= 0.6 is 11.8 Å². The molecule has 2 amide bonds. The Balaban J connectivity index is 1.82. The first-order valence-corrected chi connectivity index (χ1v) is 8.31. The van der Waals surface area contributed by atoms with Gasteiger partial charge < -0.3 is 0 Å². The summed E-state index contributed by atoms with van der Waals surface area (Å²) >= 11 is 0.842. The third kappa shape index (κ3) is 3.77. The highest BCUT2D eigenvalue weighted by Crippen LogP contribution is 2.33. The van der Waals surface area contributed by atoms with E-state index in [4.69, 9.17) is 0 Å². The summed E-state index contributed by atoms with van der Waals surface area (Å²) in [5.74, 6) is -0.387. The molecule has 0 atom stereocenters. The summed E-state index contributed by atoms with van der Waals surface area (Å²) in [6, 6.07) is 13.5. The van der Waals surface area contributed by atoms with Crippen molar-refractivity contribution in [1.82, 2.24) is 4.90 Å². The number of nitro groups is 1. The zero-order chi connectivity index (χ0) is 18.0. The van der Waals surface area contributed by atoms with Gasteiger partial charge in [0.05, 0.1) is 16.4 Å². The first-order chi connectivity index (χ1) is 11.9. The summed E-state index contributed by atoms with van der Waals surface area (Å²) in [5, 5.41) is 10.5. The topological polar surface area (TPSA) is 80.5 Å². The molecular formula is C18H14N2O4S. The molecule has 0 N–H and O–H groups in total. The number of hydrogen-bond acceptors (Lipinski definition) is 5. The normalized spacial score (nSPS) is 15.9. The van der Waals surface area contributed by atoms with Crippen molar-refractivity contribution in [2.75, 3.05) is 0 Å². The second-order valence-electron chi connectivity index (χ2n) is 5.61. The monoisotopic (exact) mass is 354 g/mol. The largest absolute Gasteiger partial charge is 0.293 e. The Hall–Kier alpha value is -2.93. The maximum Gasteiger partial charge on any atom is 0.293 e. The quantitative estimate of drug-likeness (QED) is 0.468. The Morgan fingerprint density at radius 1 is 1.16 bits per heavy atom. The summed E-state index contributed by atoms with van der Waals surface area (Å²) in [4.78, 5) is 36.4. The van der Waals surface area contributed by atoms with E-state index in [2.05, 4.69) is 0 Å². The van der Waals surface area contributed by atoms with Crippen molar-refractivity contribution in [3.8, 4) is 0 Å². The lowest BCUT2D eigenvalue weighted by atomic mass is 10.1.